The lowest BCUT2D eigenvalue weighted by Crippen LogP contribution is -2.48. The molecule has 0 aliphatic carbocycles. The average Bonchev–Trinajstić information content (AvgIpc) is 3.40. The third-order valence-electron chi connectivity index (χ3n) is 9.86. The van der Waals surface area contributed by atoms with Crippen molar-refractivity contribution in [1.82, 2.24) is 9.80 Å². The molecule has 3 heterocycles. The van der Waals surface area contributed by atoms with Gasteiger partial charge in [-0.15, -0.1) is 0 Å². The average molecular weight is 711 g/mol. The number of carbonyl (C=O) groups is 3. The van der Waals surface area contributed by atoms with E-state index in [4.69, 9.17) is 18.9 Å². The molecular formula is C41H78N2O7. The second-order valence-corrected chi connectivity index (χ2v) is 19.2. The number of hydrogen-bond acceptors (Lipinski definition) is 7. The molecule has 0 spiro atoms. The van der Waals surface area contributed by atoms with Crippen LogP contribution in [0.4, 0.5) is 9.59 Å². The molecule has 3 aliphatic heterocycles. The van der Waals surface area contributed by atoms with E-state index in [2.05, 4.69) is 62.3 Å². The van der Waals surface area contributed by atoms with Crippen molar-refractivity contribution in [2.45, 2.75) is 203 Å². The largest absolute Gasteiger partial charge is 0.469 e. The van der Waals surface area contributed by atoms with E-state index in [-0.39, 0.29) is 52.3 Å². The van der Waals surface area contributed by atoms with Crippen molar-refractivity contribution in [3.05, 3.63) is 0 Å². The maximum atomic E-state index is 12.7. The summed E-state index contributed by atoms with van der Waals surface area (Å²) in [7, 11) is 1.48. The van der Waals surface area contributed by atoms with Crippen molar-refractivity contribution < 1.29 is 33.3 Å². The first-order valence-electron chi connectivity index (χ1n) is 19.4. The quantitative estimate of drug-likeness (QED) is 0.192. The standard InChI is InChI=1S/C25H45NO5.C14H27NO2.C2H6/c1-22(2,3)30-21(28)26-16-17(13-23(26,4)5)11-12-19(20(27)29-10)18-14-24(6,7)31-25(8,9)15-18;1-7-8-11-9-14(5,6)15(10-11)12(16)17-13(2,3)4;1-2/h17-19H,11-16H2,1-10H3;11H,7-10H2,1-6H3;1-2H3/t17-,19?;11-;/m00./s1. The van der Waals surface area contributed by atoms with Gasteiger partial charge in [0, 0.05) is 24.2 Å². The fraction of sp³-hybridized carbons (Fsp3) is 0.927. The van der Waals surface area contributed by atoms with E-state index < -0.39 is 11.2 Å². The number of ether oxygens (including phenoxy) is 4. The fourth-order valence-electron chi connectivity index (χ4n) is 8.41. The molecule has 0 aromatic heterocycles. The van der Waals surface area contributed by atoms with Gasteiger partial charge >= 0.3 is 18.2 Å². The number of likely N-dealkylation sites (tertiary alicyclic amines) is 2. The second kappa shape index (κ2) is 17.7. The molecule has 9 heteroatoms. The lowest BCUT2D eigenvalue weighted by molar-refractivity contribution is -0.185. The summed E-state index contributed by atoms with van der Waals surface area (Å²) in [4.78, 5) is 41.4. The molecule has 0 N–H and O–H groups in total. The number of hydrogen-bond donors (Lipinski definition) is 0. The third kappa shape index (κ3) is 14.5. The van der Waals surface area contributed by atoms with Gasteiger partial charge in [-0.3, -0.25) is 4.79 Å². The zero-order valence-electron chi connectivity index (χ0n) is 35.6. The number of carbonyl (C=O) groups excluding carboxylic acids is 3. The first-order valence-corrected chi connectivity index (χ1v) is 19.4. The molecule has 1 unspecified atom stereocenters. The van der Waals surface area contributed by atoms with Gasteiger partial charge in [-0.1, -0.05) is 27.2 Å². The SMILES string of the molecule is CC.CCC[C@@H]1CN(C(=O)OC(C)(C)C)C(C)(C)C1.COC(=O)C(CC[C@@H]1CN(C(=O)OC(C)(C)C)C(C)(C)C1)C1CC(C)(C)OC(C)(C)C1. The molecule has 3 saturated heterocycles. The minimum atomic E-state index is -0.510. The lowest BCUT2D eigenvalue weighted by Gasteiger charge is -2.47. The van der Waals surface area contributed by atoms with E-state index in [1.165, 1.54) is 20.0 Å². The first-order chi connectivity index (χ1) is 22.6. The van der Waals surface area contributed by atoms with Crippen LogP contribution in [0.2, 0.25) is 0 Å². The van der Waals surface area contributed by atoms with Crippen LogP contribution in [0.15, 0.2) is 0 Å². The fourth-order valence-corrected chi connectivity index (χ4v) is 8.41. The summed E-state index contributed by atoms with van der Waals surface area (Å²) in [6, 6.07) is 0. The summed E-state index contributed by atoms with van der Waals surface area (Å²) in [5, 5.41) is 0. The van der Waals surface area contributed by atoms with E-state index in [1.807, 2.05) is 65.2 Å². The molecule has 3 atom stereocenters. The van der Waals surface area contributed by atoms with Crippen LogP contribution in [-0.2, 0) is 23.7 Å². The summed E-state index contributed by atoms with van der Waals surface area (Å²) < 4.78 is 22.5. The number of amides is 2. The molecule has 50 heavy (non-hydrogen) atoms. The smallest absolute Gasteiger partial charge is 0.410 e. The predicted octanol–water partition coefficient (Wildman–Crippen LogP) is 10.4. The molecule has 0 aromatic rings. The van der Waals surface area contributed by atoms with Gasteiger partial charge in [0.2, 0.25) is 0 Å². The van der Waals surface area contributed by atoms with Crippen LogP contribution < -0.4 is 0 Å². The summed E-state index contributed by atoms with van der Waals surface area (Å²) in [5.74, 6) is 0.923. The Morgan fingerprint density at radius 2 is 1.08 bits per heavy atom. The van der Waals surface area contributed by atoms with Crippen LogP contribution in [0.5, 0.6) is 0 Å². The van der Waals surface area contributed by atoms with Gasteiger partial charge in [-0.05, 0) is 160 Å². The Balaban J connectivity index is 0.000000555. The van der Waals surface area contributed by atoms with Gasteiger partial charge in [0.1, 0.15) is 11.2 Å². The molecule has 3 fully saturated rings. The van der Waals surface area contributed by atoms with E-state index in [9.17, 15) is 14.4 Å². The second-order valence-electron chi connectivity index (χ2n) is 19.2. The molecule has 0 saturated carbocycles. The van der Waals surface area contributed by atoms with Gasteiger partial charge < -0.3 is 28.7 Å². The van der Waals surface area contributed by atoms with Gasteiger partial charge in [-0.25, -0.2) is 9.59 Å². The van der Waals surface area contributed by atoms with Crippen LogP contribution in [0.25, 0.3) is 0 Å². The Hall–Kier alpha value is -2.03. The Morgan fingerprint density at radius 1 is 0.700 bits per heavy atom. The van der Waals surface area contributed by atoms with Gasteiger partial charge in [0.15, 0.2) is 0 Å². The zero-order chi connectivity index (χ0) is 39.1. The highest BCUT2D eigenvalue weighted by molar-refractivity contribution is 5.73. The van der Waals surface area contributed by atoms with Crippen LogP contribution in [0.3, 0.4) is 0 Å². The molecule has 0 bridgehead atoms. The maximum Gasteiger partial charge on any atom is 0.410 e. The van der Waals surface area contributed by atoms with Crippen molar-refractivity contribution in [3.63, 3.8) is 0 Å². The Kier molecular flexibility index (Phi) is 16.2. The van der Waals surface area contributed by atoms with Crippen LogP contribution in [0.1, 0.15) is 169 Å². The molecule has 9 nitrogen and oxygen atoms in total. The van der Waals surface area contributed by atoms with Crippen molar-refractivity contribution in [1.29, 1.82) is 0 Å². The summed E-state index contributed by atoms with van der Waals surface area (Å²) in [6.07, 6.45) is 7.30. The Morgan fingerprint density at radius 3 is 1.42 bits per heavy atom. The number of nitrogens with zero attached hydrogens (tertiary/aromatic N) is 2. The lowest BCUT2D eigenvalue weighted by atomic mass is 9.72. The summed E-state index contributed by atoms with van der Waals surface area (Å²) >= 11 is 0. The number of methoxy groups -OCH3 is 1. The van der Waals surface area contributed by atoms with E-state index in [0.717, 1.165) is 45.1 Å². The summed E-state index contributed by atoms with van der Waals surface area (Å²) in [5.41, 5.74) is -1.76. The molecule has 2 amide bonds. The molecule has 3 rings (SSSR count). The minimum absolute atomic E-state index is 0.0673. The highest BCUT2D eigenvalue weighted by Gasteiger charge is 2.47. The number of esters is 1. The first kappa shape index (κ1) is 46.0. The van der Waals surface area contributed by atoms with E-state index in [1.54, 1.807) is 0 Å². The normalized spacial score (nSPS) is 24.6. The minimum Gasteiger partial charge on any atom is -0.469 e. The molecule has 0 radical (unpaired) electrons. The van der Waals surface area contributed by atoms with Crippen molar-refractivity contribution in [3.8, 4) is 0 Å². The van der Waals surface area contributed by atoms with Crippen molar-refractivity contribution in [2.75, 3.05) is 20.2 Å². The topological polar surface area (TPSA) is 94.6 Å². The maximum absolute atomic E-state index is 12.7. The van der Waals surface area contributed by atoms with Crippen LogP contribution in [-0.4, -0.2) is 81.6 Å². The van der Waals surface area contributed by atoms with Crippen LogP contribution in [0, 0.1) is 23.7 Å². The molecular weight excluding hydrogens is 632 g/mol. The zero-order valence-corrected chi connectivity index (χ0v) is 35.6. The molecule has 294 valence electrons. The molecule has 3 aliphatic rings. The Bertz CT molecular complexity index is 1080. The van der Waals surface area contributed by atoms with Crippen molar-refractivity contribution in [2.24, 2.45) is 23.7 Å². The van der Waals surface area contributed by atoms with E-state index in [0.29, 0.717) is 18.4 Å². The third-order valence-corrected chi connectivity index (χ3v) is 9.86. The van der Waals surface area contributed by atoms with Crippen molar-refractivity contribution >= 4 is 18.2 Å². The summed E-state index contributed by atoms with van der Waals surface area (Å²) in [6.45, 7) is 36.0. The highest BCUT2D eigenvalue weighted by Crippen LogP contribution is 2.44. The highest BCUT2D eigenvalue weighted by atomic mass is 16.6. The van der Waals surface area contributed by atoms with Gasteiger partial charge in [-0.2, -0.15) is 0 Å². The monoisotopic (exact) mass is 711 g/mol. The molecule has 0 aromatic carbocycles. The van der Waals surface area contributed by atoms with Crippen LogP contribution >= 0.6 is 0 Å². The van der Waals surface area contributed by atoms with E-state index >= 15 is 0 Å². The Labute approximate surface area is 307 Å². The van der Waals surface area contributed by atoms with Gasteiger partial charge in [0.25, 0.3) is 0 Å². The predicted molar refractivity (Wildman–Crippen MR) is 203 cm³/mol. The number of rotatable bonds is 7. The van der Waals surface area contributed by atoms with Gasteiger partial charge in [0.05, 0.1) is 24.2 Å².